The number of hydrogen-bond acceptors (Lipinski definition) is 4. The van der Waals surface area contributed by atoms with Crippen LogP contribution in [0.25, 0.3) is 11.0 Å². The van der Waals surface area contributed by atoms with Gasteiger partial charge in [0, 0.05) is 11.8 Å². The van der Waals surface area contributed by atoms with E-state index in [2.05, 4.69) is 10.2 Å². The Morgan fingerprint density at radius 2 is 1.74 bits per heavy atom. The Morgan fingerprint density at radius 3 is 2.42 bits per heavy atom. The molecule has 0 aliphatic carbocycles. The molecular formula is C14H14N4O. The summed E-state index contributed by atoms with van der Waals surface area (Å²) in [5.74, 6) is 0.761. The third kappa shape index (κ3) is 2.65. The number of fused-ring (bicyclic) bond motifs is 1. The number of ether oxygens (including phenoxy) is 1. The molecule has 2 N–H and O–H groups in total. The van der Waals surface area contributed by atoms with Crippen LogP contribution in [0.2, 0.25) is 0 Å². The van der Waals surface area contributed by atoms with Gasteiger partial charge in [-0.05, 0) is 24.3 Å². The zero-order valence-electron chi connectivity index (χ0n) is 10.4. The van der Waals surface area contributed by atoms with Crippen LogP contribution in [0.4, 0.5) is 5.69 Å². The summed E-state index contributed by atoms with van der Waals surface area (Å²) >= 11 is 0. The summed E-state index contributed by atoms with van der Waals surface area (Å²) in [6, 6.07) is 15.2. The van der Waals surface area contributed by atoms with Gasteiger partial charge in [0.25, 0.3) is 0 Å². The Hall–Kier alpha value is -2.56. The first-order valence-electron chi connectivity index (χ1n) is 6.09. The van der Waals surface area contributed by atoms with Crippen LogP contribution in [0.5, 0.6) is 5.75 Å². The molecule has 3 aromatic rings. The lowest BCUT2D eigenvalue weighted by molar-refractivity contribution is 0.283. The predicted octanol–water partition coefficient (Wildman–Crippen LogP) is 2.09. The van der Waals surface area contributed by atoms with Crippen molar-refractivity contribution in [2.75, 3.05) is 12.3 Å². The first kappa shape index (κ1) is 11.5. The smallest absolute Gasteiger partial charge is 0.121 e. The SMILES string of the molecule is Nc1cccc(OCCn2nc3ccccc3n2)c1. The molecule has 96 valence electrons. The minimum atomic E-state index is 0.504. The van der Waals surface area contributed by atoms with Crippen molar-refractivity contribution < 1.29 is 4.74 Å². The van der Waals surface area contributed by atoms with Crippen LogP contribution in [-0.4, -0.2) is 21.6 Å². The fraction of sp³-hybridized carbons (Fsp3) is 0.143. The number of nitrogens with zero attached hydrogens (tertiary/aromatic N) is 3. The average Bonchev–Trinajstić information content (AvgIpc) is 2.81. The summed E-state index contributed by atoms with van der Waals surface area (Å²) in [6.07, 6.45) is 0. The number of nitrogen functional groups attached to an aromatic ring is 1. The van der Waals surface area contributed by atoms with Crippen LogP contribution in [0.3, 0.4) is 0 Å². The van der Waals surface area contributed by atoms with E-state index >= 15 is 0 Å². The summed E-state index contributed by atoms with van der Waals surface area (Å²) < 4.78 is 5.61. The third-order valence-corrected chi connectivity index (χ3v) is 2.75. The summed E-state index contributed by atoms with van der Waals surface area (Å²) in [5.41, 5.74) is 8.17. The molecule has 5 nitrogen and oxygen atoms in total. The second-order valence-corrected chi connectivity index (χ2v) is 4.21. The Bertz CT molecular complexity index is 659. The molecular weight excluding hydrogens is 240 g/mol. The second kappa shape index (κ2) is 4.97. The zero-order chi connectivity index (χ0) is 13.1. The van der Waals surface area contributed by atoms with Gasteiger partial charge >= 0.3 is 0 Å². The van der Waals surface area contributed by atoms with E-state index in [4.69, 9.17) is 10.5 Å². The molecule has 0 bridgehead atoms. The van der Waals surface area contributed by atoms with Crippen molar-refractivity contribution in [3.05, 3.63) is 48.5 Å². The van der Waals surface area contributed by atoms with Gasteiger partial charge < -0.3 is 10.5 Å². The number of hydrogen-bond donors (Lipinski definition) is 1. The molecule has 0 amide bonds. The predicted molar refractivity (Wildman–Crippen MR) is 73.9 cm³/mol. The Morgan fingerprint density at radius 1 is 1.00 bits per heavy atom. The van der Waals surface area contributed by atoms with Gasteiger partial charge in [-0.15, -0.1) is 0 Å². The standard InChI is InChI=1S/C14H14N4O/c15-11-4-3-5-12(10-11)19-9-8-18-16-13-6-1-2-7-14(13)17-18/h1-7,10H,8-9,15H2. The summed E-state index contributed by atoms with van der Waals surface area (Å²) in [7, 11) is 0. The van der Waals surface area contributed by atoms with Gasteiger partial charge in [0.2, 0.25) is 0 Å². The zero-order valence-corrected chi connectivity index (χ0v) is 10.4. The highest BCUT2D eigenvalue weighted by molar-refractivity contribution is 5.72. The highest BCUT2D eigenvalue weighted by Crippen LogP contribution is 2.14. The monoisotopic (exact) mass is 254 g/mol. The topological polar surface area (TPSA) is 66.0 Å². The lowest BCUT2D eigenvalue weighted by Gasteiger charge is -2.05. The van der Waals surface area contributed by atoms with Crippen LogP contribution in [0.1, 0.15) is 0 Å². The molecule has 0 unspecified atom stereocenters. The van der Waals surface area contributed by atoms with Gasteiger partial charge in [-0.3, -0.25) is 0 Å². The molecule has 0 fully saturated rings. The maximum absolute atomic E-state index is 5.68. The normalized spacial score (nSPS) is 10.7. The van der Waals surface area contributed by atoms with Crippen molar-refractivity contribution >= 4 is 16.7 Å². The van der Waals surface area contributed by atoms with Crippen molar-refractivity contribution in [3.63, 3.8) is 0 Å². The highest BCUT2D eigenvalue weighted by Gasteiger charge is 2.01. The van der Waals surface area contributed by atoms with Crippen molar-refractivity contribution in [3.8, 4) is 5.75 Å². The molecule has 0 aliphatic heterocycles. The minimum absolute atomic E-state index is 0.504. The third-order valence-electron chi connectivity index (χ3n) is 2.75. The van der Waals surface area contributed by atoms with E-state index in [9.17, 15) is 0 Å². The Kier molecular flexibility index (Phi) is 3.02. The average molecular weight is 254 g/mol. The molecule has 2 aromatic carbocycles. The number of anilines is 1. The maximum atomic E-state index is 5.68. The largest absolute Gasteiger partial charge is 0.492 e. The molecule has 0 saturated heterocycles. The van der Waals surface area contributed by atoms with E-state index < -0.39 is 0 Å². The van der Waals surface area contributed by atoms with Crippen molar-refractivity contribution in [1.82, 2.24) is 15.0 Å². The van der Waals surface area contributed by atoms with Crippen molar-refractivity contribution in [2.45, 2.75) is 6.54 Å². The van der Waals surface area contributed by atoms with Crippen LogP contribution in [-0.2, 0) is 6.54 Å². The molecule has 0 radical (unpaired) electrons. The van der Waals surface area contributed by atoms with Gasteiger partial charge in [-0.25, -0.2) is 0 Å². The number of nitrogens with two attached hydrogens (primary N) is 1. The number of rotatable bonds is 4. The van der Waals surface area contributed by atoms with Crippen molar-refractivity contribution in [1.29, 1.82) is 0 Å². The van der Waals surface area contributed by atoms with E-state index in [1.165, 1.54) is 0 Å². The van der Waals surface area contributed by atoms with E-state index in [1.54, 1.807) is 10.9 Å². The molecule has 19 heavy (non-hydrogen) atoms. The molecule has 0 saturated carbocycles. The molecule has 1 aromatic heterocycles. The van der Waals surface area contributed by atoms with Gasteiger partial charge in [0.05, 0.1) is 6.54 Å². The fourth-order valence-corrected chi connectivity index (χ4v) is 1.85. The first-order valence-corrected chi connectivity index (χ1v) is 6.09. The first-order chi connectivity index (χ1) is 9.31. The van der Waals surface area contributed by atoms with Gasteiger partial charge in [-0.1, -0.05) is 18.2 Å². The number of aromatic nitrogens is 3. The highest BCUT2D eigenvalue weighted by atomic mass is 16.5. The lowest BCUT2D eigenvalue weighted by atomic mass is 10.3. The van der Waals surface area contributed by atoms with Crippen LogP contribution < -0.4 is 10.5 Å². The van der Waals surface area contributed by atoms with Crippen LogP contribution >= 0.6 is 0 Å². The van der Waals surface area contributed by atoms with E-state index in [0.29, 0.717) is 18.8 Å². The second-order valence-electron chi connectivity index (χ2n) is 4.21. The quantitative estimate of drug-likeness (QED) is 0.724. The van der Waals surface area contributed by atoms with E-state index in [1.807, 2.05) is 42.5 Å². The molecule has 0 aliphatic rings. The summed E-state index contributed by atoms with van der Waals surface area (Å²) in [4.78, 5) is 1.65. The lowest BCUT2D eigenvalue weighted by Crippen LogP contribution is -2.10. The van der Waals surface area contributed by atoms with Gasteiger partial charge in [0.1, 0.15) is 23.4 Å². The molecule has 0 atom stereocenters. The fourth-order valence-electron chi connectivity index (χ4n) is 1.85. The molecule has 0 spiro atoms. The van der Waals surface area contributed by atoms with E-state index in [0.717, 1.165) is 16.8 Å². The molecule has 3 rings (SSSR count). The summed E-state index contributed by atoms with van der Waals surface area (Å²) in [6.45, 7) is 1.11. The minimum Gasteiger partial charge on any atom is -0.492 e. The molecule has 1 heterocycles. The summed E-state index contributed by atoms with van der Waals surface area (Å²) in [5, 5.41) is 8.72. The number of benzene rings is 2. The van der Waals surface area contributed by atoms with Gasteiger partial charge in [-0.2, -0.15) is 15.0 Å². The van der Waals surface area contributed by atoms with Crippen LogP contribution in [0.15, 0.2) is 48.5 Å². The maximum Gasteiger partial charge on any atom is 0.121 e. The van der Waals surface area contributed by atoms with E-state index in [-0.39, 0.29) is 0 Å². The molecule has 5 heteroatoms. The van der Waals surface area contributed by atoms with Gasteiger partial charge in [0.15, 0.2) is 0 Å². The van der Waals surface area contributed by atoms with Crippen molar-refractivity contribution in [2.24, 2.45) is 0 Å². The van der Waals surface area contributed by atoms with Crippen LogP contribution in [0, 0.1) is 0 Å². The Balaban J connectivity index is 1.63. The Labute approximate surface area is 110 Å².